The molecule has 0 aromatic rings. The Kier molecular flexibility index (Phi) is 68.9. The van der Waals surface area contributed by atoms with Crippen LogP contribution in [0.15, 0.2) is 12.2 Å². The lowest BCUT2D eigenvalue weighted by Crippen LogP contribution is -2.45. The van der Waals surface area contributed by atoms with Gasteiger partial charge in [-0.1, -0.05) is 373 Å². The Morgan fingerprint density at radius 1 is 0.338 bits per heavy atom. The predicted molar refractivity (Wildman–Crippen MR) is 352 cm³/mol. The Hall–Kier alpha value is -1.40. The summed E-state index contributed by atoms with van der Waals surface area (Å²) < 4.78 is 5.51. The second-order valence-corrected chi connectivity index (χ2v) is 25.6. The van der Waals surface area contributed by atoms with Gasteiger partial charge in [-0.2, -0.15) is 0 Å². The molecule has 0 saturated heterocycles. The van der Waals surface area contributed by atoms with E-state index in [1.807, 2.05) is 0 Å². The molecule has 3 N–H and O–H groups in total. The van der Waals surface area contributed by atoms with Crippen molar-refractivity contribution in [2.24, 2.45) is 0 Å². The predicted octanol–water partition coefficient (Wildman–Crippen LogP) is 23.9. The largest absolute Gasteiger partial charge is 0.466 e. The minimum atomic E-state index is -0.664. The second kappa shape index (κ2) is 70.1. The fourth-order valence-corrected chi connectivity index (χ4v) is 11.9. The summed E-state index contributed by atoms with van der Waals surface area (Å²) in [6, 6.07) is -0.541. The zero-order valence-electron chi connectivity index (χ0n) is 54.6. The molecule has 0 rings (SSSR count). The van der Waals surface area contributed by atoms with E-state index >= 15 is 0 Å². The van der Waals surface area contributed by atoms with Crippen LogP contribution in [-0.4, -0.2) is 47.4 Å². The molecule has 2 atom stereocenters. The first-order chi connectivity index (χ1) is 39.5. The molecule has 0 heterocycles. The maximum atomic E-state index is 12.5. The molecular formula is C74H145NO5. The Bertz CT molecular complexity index is 1210. The number of ether oxygens (including phenoxy) is 1. The molecule has 6 nitrogen and oxygen atoms in total. The van der Waals surface area contributed by atoms with Gasteiger partial charge in [0.15, 0.2) is 0 Å². The van der Waals surface area contributed by atoms with Gasteiger partial charge in [0.1, 0.15) is 0 Å². The number of rotatable bonds is 70. The Labute approximate surface area is 501 Å². The van der Waals surface area contributed by atoms with E-state index in [-0.39, 0.29) is 18.5 Å². The summed E-state index contributed by atoms with van der Waals surface area (Å²) in [5, 5.41) is 23.4. The first-order valence-electron chi connectivity index (χ1n) is 36.9. The van der Waals surface area contributed by atoms with Gasteiger partial charge in [0.2, 0.25) is 5.91 Å². The standard InChI is InChI=1S/C74H145NO5/c1-3-5-7-9-11-13-15-17-19-21-23-31-34-38-42-46-50-54-58-62-66-72(77)71(70-76)75-73(78)67-63-59-55-51-47-43-39-35-32-28-26-24-25-27-29-33-37-41-45-49-53-57-61-65-69-80-74(79)68-64-60-56-52-48-44-40-36-30-22-20-18-16-14-12-10-8-6-4-2/h18,20,71-72,76-77H,3-17,19,21-70H2,1-2H3,(H,75,78)/b20-18-. The van der Waals surface area contributed by atoms with Crippen LogP contribution in [0.1, 0.15) is 425 Å². The van der Waals surface area contributed by atoms with Crippen LogP contribution < -0.4 is 5.32 Å². The number of aliphatic hydroxyl groups is 2. The lowest BCUT2D eigenvalue weighted by atomic mass is 10.0. The molecule has 0 bridgehead atoms. The fourth-order valence-electron chi connectivity index (χ4n) is 11.9. The summed E-state index contributed by atoms with van der Waals surface area (Å²) in [5.41, 5.74) is 0. The topological polar surface area (TPSA) is 95.9 Å². The molecule has 0 aliphatic heterocycles. The van der Waals surface area contributed by atoms with Crippen LogP contribution in [0.25, 0.3) is 0 Å². The second-order valence-electron chi connectivity index (χ2n) is 25.6. The van der Waals surface area contributed by atoms with Crippen LogP contribution >= 0.6 is 0 Å². The van der Waals surface area contributed by atoms with Crippen molar-refractivity contribution in [1.29, 1.82) is 0 Å². The van der Waals surface area contributed by atoms with Crippen LogP contribution in [-0.2, 0) is 14.3 Å². The molecule has 2 unspecified atom stereocenters. The van der Waals surface area contributed by atoms with Crippen molar-refractivity contribution in [1.82, 2.24) is 5.32 Å². The third-order valence-corrected chi connectivity index (χ3v) is 17.6. The number of hydrogen-bond donors (Lipinski definition) is 3. The van der Waals surface area contributed by atoms with Gasteiger partial charge in [-0.05, 0) is 51.4 Å². The molecule has 0 saturated carbocycles. The summed E-state index contributed by atoms with van der Waals surface area (Å²) >= 11 is 0. The molecular weight excluding hydrogens is 983 g/mol. The molecule has 6 heteroatoms. The van der Waals surface area contributed by atoms with Gasteiger partial charge >= 0.3 is 5.97 Å². The minimum Gasteiger partial charge on any atom is -0.466 e. The van der Waals surface area contributed by atoms with E-state index < -0.39 is 12.1 Å². The Morgan fingerprint density at radius 3 is 0.887 bits per heavy atom. The number of allylic oxidation sites excluding steroid dienone is 2. The smallest absolute Gasteiger partial charge is 0.305 e. The van der Waals surface area contributed by atoms with Gasteiger partial charge in [-0.15, -0.1) is 0 Å². The molecule has 476 valence electrons. The van der Waals surface area contributed by atoms with Crippen LogP contribution in [0.5, 0.6) is 0 Å². The third-order valence-electron chi connectivity index (χ3n) is 17.6. The summed E-state index contributed by atoms with van der Waals surface area (Å²) in [4.78, 5) is 24.7. The minimum absolute atomic E-state index is 0.0164. The lowest BCUT2D eigenvalue weighted by Gasteiger charge is -2.22. The molecule has 0 aromatic carbocycles. The lowest BCUT2D eigenvalue weighted by molar-refractivity contribution is -0.143. The van der Waals surface area contributed by atoms with Crippen molar-refractivity contribution in [2.45, 2.75) is 437 Å². The summed E-state index contributed by atoms with van der Waals surface area (Å²) in [6.45, 7) is 5.00. The highest BCUT2D eigenvalue weighted by molar-refractivity contribution is 5.76. The van der Waals surface area contributed by atoms with Crippen molar-refractivity contribution in [3.63, 3.8) is 0 Å². The van der Waals surface area contributed by atoms with Crippen LogP contribution in [0.3, 0.4) is 0 Å². The van der Waals surface area contributed by atoms with Gasteiger partial charge in [0.05, 0.1) is 25.4 Å². The highest BCUT2D eigenvalue weighted by Crippen LogP contribution is 2.20. The zero-order valence-corrected chi connectivity index (χ0v) is 54.6. The maximum Gasteiger partial charge on any atom is 0.305 e. The fraction of sp³-hybridized carbons (Fsp3) is 0.946. The Morgan fingerprint density at radius 2 is 0.588 bits per heavy atom. The number of nitrogens with one attached hydrogen (secondary N) is 1. The monoisotopic (exact) mass is 1130 g/mol. The van der Waals surface area contributed by atoms with Crippen molar-refractivity contribution in [3.8, 4) is 0 Å². The first-order valence-corrected chi connectivity index (χ1v) is 36.9. The van der Waals surface area contributed by atoms with Crippen molar-refractivity contribution < 1.29 is 24.5 Å². The third kappa shape index (κ3) is 65.7. The SMILES string of the molecule is CCCCCCCC/C=C\CCCCCCCCCCCC(=O)OCCCCCCCCCCCCCCCCCCCCCCCCCCC(=O)NC(CO)C(O)CCCCCCCCCCCCCCCCCCCCCC. The Balaban J connectivity index is 3.35. The number of aliphatic hydroxyl groups excluding tert-OH is 2. The van der Waals surface area contributed by atoms with E-state index in [1.165, 1.54) is 353 Å². The van der Waals surface area contributed by atoms with Crippen LogP contribution in [0, 0.1) is 0 Å². The van der Waals surface area contributed by atoms with Gasteiger partial charge in [-0.25, -0.2) is 0 Å². The first kappa shape index (κ1) is 78.6. The number of carbonyl (C=O) groups is 2. The molecule has 0 aliphatic carbocycles. The highest BCUT2D eigenvalue weighted by Gasteiger charge is 2.20. The zero-order chi connectivity index (χ0) is 57.8. The summed E-state index contributed by atoms with van der Waals surface area (Å²) in [7, 11) is 0. The maximum absolute atomic E-state index is 12.5. The highest BCUT2D eigenvalue weighted by atomic mass is 16.5. The number of carbonyl (C=O) groups excluding carboxylic acids is 2. The molecule has 0 spiro atoms. The number of unbranched alkanes of at least 4 members (excludes halogenated alkanes) is 57. The van der Waals surface area contributed by atoms with Gasteiger partial charge in [-0.3, -0.25) is 9.59 Å². The van der Waals surface area contributed by atoms with Crippen molar-refractivity contribution in [2.75, 3.05) is 13.2 Å². The molecule has 0 aliphatic rings. The van der Waals surface area contributed by atoms with E-state index in [4.69, 9.17) is 4.74 Å². The normalized spacial score (nSPS) is 12.5. The van der Waals surface area contributed by atoms with Gasteiger partial charge in [0, 0.05) is 12.8 Å². The molecule has 0 fully saturated rings. The van der Waals surface area contributed by atoms with Crippen LogP contribution in [0.4, 0.5) is 0 Å². The van der Waals surface area contributed by atoms with E-state index in [0.717, 1.165) is 38.5 Å². The van der Waals surface area contributed by atoms with Crippen LogP contribution in [0.2, 0.25) is 0 Å². The molecule has 0 radical (unpaired) electrons. The van der Waals surface area contributed by atoms with E-state index in [9.17, 15) is 19.8 Å². The average Bonchev–Trinajstić information content (AvgIpc) is 3.46. The average molecular weight is 1130 g/mol. The number of hydrogen-bond acceptors (Lipinski definition) is 5. The quantitative estimate of drug-likeness (QED) is 0.0320. The van der Waals surface area contributed by atoms with Crippen molar-refractivity contribution >= 4 is 11.9 Å². The molecule has 0 aromatic heterocycles. The summed E-state index contributed by atoms with van der Waals surface area (Å²) in [5.74, 6) is -0.0123. The van der Waals surface area contributed by atoms with Gasteiger partial charge < -0.3 is 20.3 Å². The molecule has 80 heavy (non-hydrogen) atoms. The van der Waals surface area contributed by atoms with E-state index in [1.54, 1.807) is 0 Å². The van der Waals surface area contributed by atoms with E-state index in [0.29, 0.717) is 25.9 Å². The number of esters is 1. The number of amides is 1. The summed E-state index contributed by atoms with van der Waals surface area (Å²) in [6.07, 6.45) is 86.9. The molecule has 1 amide bonds. The van der Waals surface area contributed by atoms with Crippen molar-refractivity contribution in [3.05, 3.63) is 12.2 Å². The van der Waals surface area contributed by atoms with Gasteiger partial charge in [0.25, 0.3) is 0 Å². The van der Waals surface area contributed by atoms with E-state index in [2.05, 4.69) is 31.3 Å².